The van der Waals surface area contributed by atoms with E-state index < -0.39 is 5.82 Å². The van der Waals surface area contributed by atoms with Crippen molar-refractivity contribution >= 4 is 68.5 Å². The molecule has 2 aliphatic heterocycles. The first kappa shape index (κ1) is 33.9. The molecule has 254 valence electrons. The van der Waals surface area contributed by atoms with Crippen LogP contribution in [0.1, 0.15) is 36.0 Å². The highest BCUT2D eigenvalue weighted by atomic mass is 127. The molecule has 0 spiro atoms. The molecule has 0 aliphatic carbocycles. The van der Waals surface area contributed by atoms with E-state index in [-0.39, 0.29) is 22.1 Å². The average Bonchev–Trinajstić information content (AvgIpc) is 3.30. The summed E-state index contributed by atoms with van der Waals surface area (Å²) in [5, 5.41) is 1.21. The third-order valence-corrected chi connectivity index (χ3v) is 11.5. The van der Waals surface area contributed by atoms with E-state index in [1.807, 2.05) is 67.8 Å². The van der Waals surface area contributed by atoms with Gasteiger partial charge in [-0.2, -0.15) is 0 Å². The highest BCUT2D eigenvalue weighted by Gasteiger charge is 2.35. The van der Waals surface area contributed by atoms with E-state index in [9.17, 15) is 0 Å². The Morgan fingerprint density at radius 2 is 1.65 bits per heavy atom. The maximum absolute atomic E-state index is 17.2. The van der Waals surface area contributed by atoms with Gasteiger partial charge in [0.05, 0.1) is 41.9 Å². The van der Waals surface area contributed by atoms with Gasteiger partial charge in [-0.15, -0.1) is 0 Å². The van der Waals surface area contributed by atoms with Crippen LogP contribution in [0.2, 0.25) is 5.02 Å². The van der Waals surface area contributed by atoms with Crippen LogP contribution in [-0.2, 0) is 13.1 Å². The highest BCUT2D eigenvalue weighted by molar-refractivity contribution is 14.1. The number of hydrogen-bond donors (Lipinski definition) is 0. The summed E-state index contributed by atoms with van der Waals surface area (Å²) >= 11 is 10.9. The van der Waals surface area contributed by atoms with Gasteiger partial charge in [0.2, 0.25) is 0 Å². The van der Waals surface area contributed by atoms with E-state index in [1.54, 1.807) is 14.2 Å². The minimum atomic E-state index is -0.527. The van der Waals surface area contributed by atoms with E-state index in [0.717, 1.165) is 57.6 Å². The summed E-state index contributed by atoms with van der Waals surface area (Å²) in [7, 11) is 3.31. The number of anilines is 2. The number of fused-ring (bicyclic) bond motifs is 2. The van der Waals surface area contributed by atoms with Gasteiger partial charge in [-0.05, 0) is 102 Å². The number of ether oxygens (including phenoxy) is 3. The minimum Gasteiger partial charge on any atom is -0.497 e. The van der Waals surface area contributed by atoms with E-state index in [1.165, 1.54) is 11.8 Å². The molecule has 8 nitrogen and oxygen atoms in total. The second kappa shape index (κ2) is 14.4. The van der Waals surface area contributed by atoms with E-state index in [2.05, 4.69) is 32.4 Å². The summed E-state index contributed by atoms with van der Waals surface area (Å²) in [6.07, 6.45) is 5.02. The standard InChI is InChI=1S/C37H36ClFIN5O3S/c1-21-17-27(44(18-22-8-12-25(46-2)13-9-22)19-23-10-14-26(47-3)15-11-23)41-34(32(21)40)28-30(38)35-29-33(31(28)39)42-37(49-4)43-36(29)45-16-6-5-7-24(45)20-48-35/h8-15,17,24H,5-7,16,18-20H2,1-4H3/t24-/m0/s1. The lowest BCUT2D eigenvalue weighted by Gasteiger charge is -2.35. The molecular formula is C37H36ClFIN5O3S. The summed E-state index contributed by atoms with van der Waals surface area (Å²) in [5.41, 5.74) is 3.92. The SMILES string of the molecule is COc1ccc(CN(Cc2ccc(OC)cc2)c2cc(C)c(I)c(-c3c(Cl)c4c5c(nc(SC)nc5c3F)N3CCCC[C@H]3CO4)n2)cc1. The molecule has 1 saturated heterocycles. The fourth-order valence-electron chi connectivity index (χ4n) is 6.60. The van der Waals surface area contributed by atoms with Crippen molar-refractivity contribution in [2.24, 2.45) is 0 Å². The first-order chi connectivity index (χ1) is 23.8. The fraction of sp³-hybridized carbons (Fsp3) is 0.324. The van der Waals surface area contributed by atoms with Crippen molar-refractivity contribution in [2.45, 2.75) is 50.5 Å². The van der Waals surface area contributed by atoms with Crippen LogP contribution in [0, 0.1) is 16.3 Å². The molecule has 12 heteroatoms. The predicted octanol–water partition coefficient (Wildman–Crippen LogP) is 9.09. The van der Waals surface area contributed by atoms with Gasteiger partial charge in [0.15, 0.2) is 16.7 Å². The summed E-state index contributed by atoms with van der Waals surface area (Å²) in [6, 6.07) is 18.1. The normalized spacial score (nSPS) is 15.4. The predicted molar refractivity (Wildman–Crippen MR) is 203 cm³/mol. The van der Waals surface area contributed by atoms with Gasteiger partial charge in [-0.1, -0.05) is 47.6 Å². The van der Waals surface area contributed by atoms with Crippen molar-refractivity contribution in [2.75, 3.05) is 43.4 Å². The van der Waals surface area contributed by atoms with Crippen molar-refractivity contribution in [3.05, 3.63) is 85.7 Å². The van der Waals surface area contributed by atoms with Crippen LogP contribution in [-0.4, -0.2) is 54.6 Å². The summed E-state index contributed by atoms with van der Waals surface area (Å²) < 4.78 is 35.2. The largest absolute Gasteiger partial charge is 0.497 e. The molecule has 4 heterocycles. The summed E-state index contributed by atoms with van der Waals surface area (Å²) in [4.78, 5) is 19.2. The number of hydrogen-bond acceptors (Lipinski definition) is 9. The molecular weight excluding hydrogens is 776 g/mol. The Morgan fingerprint density at radius 3 is 2.27 bits per heavy atom. The number of benzene rings is 3. The minimum absolute atomic E-state index is 0.129. The number of aryl methyl sites for hydroxylation is 1. The molecule has 1 atom stereocenters. The van der Waals surface area contributed by atoms with Crippen molar-refractivity contribution in [3.8, 4) is 28.5 Å². The van der Waals surface area contributed by atoms with E-state index in [4.69, 9.17) is 40.8 Å². The number of pyridine rings is 1. The zero-order chi connectivity index (χ0) is 34.2. The average molecular weight is 812 g/mol. The fourth-order valence-corrected chi connectivity index (χ4v) is 7.83. The Hall–Kier alpha value is -3.55. The molecule has 0 bridgehead atoms. The first-order valence-corrected chi connectivity index (χ1v) is 18.8. The van der Waals surface area contributed by atoms with Crippen molar-refractivity contribution in [1.82, 2.24) is 15.0 Å². The lowest BCUT2D eigenvalue weighted by Crippen LogP contribution is -2.42. The first-order valence-electron chi connectivity index (χ1n) is 16.1. The molecule has 0 radical (unpaired) electrons. The van der Waals surface area contributed by atoms with Gasteiger partial charge in [-0.3, -0.25) is 0 Å². The number of thioether (sulfide) groups is 1. The lowest BCUT2D eigenvalue weighted by molar-refractivity contribution is 0.267. The van der Waals surface area contributed by atoms with Crippen molar-refractivity contribution < 1.29 is 18.6 Å². The Kier molecular flexibility index (Phi) is 9.94. The molecule has 0 saturated carbocycles. The lowest BCUT2D eigenvalue weighted by atomic mass is 10.0. The smallest absolute Gasteiger partial charge is 0.189 e. The van der Waals surface area contributed by atoms with Crippen molar-refractivity contribution in [3.63, 3.8) is 0 Å². The number of aromatic nitrogens is 3. The van der Waals surface area contributed by atoms with E-state index >= 15 is 4.39 Å². The van der Waals surface area contributed by atoms with Crippen LogP contribution in [0.15, 0.2) is 59.8 Å². The van der Waals surface area contributed by atoms with Crippen LogP contribution in [0.25, 0.3) is 22.2 Å². The number of piperidine rings is 1. The quantitative estimate of drug-likeness (QED) is 0.0824. The molecule has 0 amide bonds. The summed E-state index contributed by atoms with van der Waals surface area (Å²) in [5.74, 6) is 2.84. The van der Waals surface area contributed by atoms with Crippen LogP contribution >= 0.6 is 46.0 Å². The van der Waals surface area contributed by atoms with Crippen LogP contribution in [0.3, 0.4) is 0 Å². The monoisotopic (exact) mass is 811 g/mol. The molecule has 0 N–H and O–H groups in total. The molecule has 49 heavy (non-hydrogen) atoms. The van der Waals surface area contributed by atoms with Crippen molar-refractivity contribution in [1.29, 1.82) is 0 Å². The second-order valence-electron chi connectivity index (χ2n) is 12.3. The molecule has 2 aromatic heterocycles. The van der Waals surface area contributed by atoms with Gasteiger partial charge >= 0.3 is 0 Å². The third kappa shape index (κ3) is 6.57. The number of rotatable bonds is 9. The van der Waals surface area contributed by atoms with Crippen LogP contribution < -0.4 is 24.0 Å². The Labute approximate surface area is 308 Å². The zero-order valence-corrected chi connectivity index (χ0v) is 31.5. The van der Waals surface area contributed by atoms with Crippen LogP contribution in [0.4, 0.5) is 16.0 Å². The Balaban J connectivity index is 1.39. The second-order valence-corrected chi connectivity index (χ2v) is 14.5. The maximum atomic E-state index is 17.2. The topological polar surface area (TPSA) is 72.8 Å². The number of methoxy groups -OCH3 is 2. The Morgan fingerprint density at radius 1 is 1.00 bits per heavy atom. The third-order valence-electron chi connectivity index (χ3n) is 9.20. The summed E-state index contributed by atoms with van der Waals surface area (Å²) in [6.45, 7) is 4.38. The molecule has 2 aliphatic rings. The van der Waals surface area contributed by atoms with Gasteiger partial charge in [0, 0.05) is 23.2 Å². The Bertz CT molecular complexity index is 1970. The molecule has 3 aromatic carbocycles. The van der Waals surface area contributed by atoms with Gasteiger partial charge < -0.3 is 24.0 Å². The number of halogens is 3. The van der Waals surface area contributed by atoms with Gasteiger partial charge in [-0.25, -0.2) is 19.3 Å². The highest BCUT2D eigenvalue weighted by Crippen LogP contribution is 2.49. The van der Waals surface area contributed by atoms with E-state index in [0.29, 0.717) is 53.3 Å². The molecule has 0 unspecified atom stereocenters. The molecule has 1 fully saturated rings. The molecule has 5 aromatic rings. The zero-order valence-electron chi connectivity index (χ0n) is 27.7. The van der Waals surface area contributed by atoms with Crippen LogP contribution in [0.5, 0.6) is 17.2 Å². The molecule has 7 rings (SSSR count). The van der Waals surface area contributed by atoms with Gasteiger partial charge in [0.25, 0.3) is 0 Å². The van der Waals surface area contributed by atoms with Gasteiger partial charge in [0.1, 0.15) is 35.3 Å². The number of nitrogens with zero attached hydrogens (tertiary/aromatic N) is 5. The maximum Gasteiger partial charge on any atom is 0.189 e.